The SMILES string of the molecule is CCNC(CSc1nncs1)c1cccc(C(F)(F)F)c1. The van der Waals surface area contributed by atoms with Crippen molar-refractivity contribution >= 4 is 23.1 Å². The van der Waals surface area contributed by atoms with Crippen LogP contribution in [0.25, 0.3) is 0 Å². The van der Waals surface area contributed by atoms with Gasteiger partial charge in [0.25, 0.3) is 0 Å². The van der Waals surface area contributed by atoms with Crippen molar-refractivity contribution in [3.8, 4) is 0 Å². The number of hydrogen-bond acceptors (Lipinski definition) is 5. The van der Waals surface area contributed by atoms with E-state index in [1.54, 1.807) is 11.6 Å². The zero-order valence-electron chi connectivity index (χ0n) is 11.2. The van der Waals surface area contributed by atoms with Crippen molar-refractivity contribution in [1.29, 1.82) is 0 Å². The number of thioether (sulfide) groups is 1. The summed E-state index contributed by atoms with van der Waals surface area (Å²) in [4.78, 5) is 0. The summed E-state index contributed by atoms with van der Waals surface area (Å²) in [5, 5.41) is 10.9. The summed E-state index contributed by atoms with van der Waals surface area (Å²) < 4.78 is 39.2. The van der Waals surface area contributed by atoms with E-state index in [9.17, 15) is 13.2 Å². The molecule has 0 bridgehead atoms. The Balaban J connectivity index is 2.13. The molecule has 1 N–H and O–H groups in total. The molecule has 1 unspecified atom stereocenters. The maximum atomic E-state index is 12.8. The largest absolute Gasteiger partial charge is 0.416 e. The van der Waals surface area contributed by atoms with Gasteiger partial charge >= 0.3 is 6.18 Å². The molecule has 8 heteroatoms. The van der Waals surface area contributed by atoms with Gasteiger partial charge in [-0.1, -0.05) is 42.2 Å². The first-order chi connectivity index (χ1) is 10.0. The smallest absolute Gasteiger partial charge is 0.309 e. The molecule has 1 heterocycles. The minimum atomic E-state index is -4.32. The lowest BCUT2D eigenvalue weighted by Crippen LogP contribution is -2.23. The second-order valence-electron chi connectivity index (χ2n) is 4.25. The van der Waals surface area contributed by atoms with E-state index < -0.39 is 11.7 Å². The third-order valence-corrected chi connectivity index (χ3v) is 4.73. The molecule has 0 amide bonds. The Morgan fingerprint density at radius 1 is 1.38 bits per heavy atom. The maximum Gasteiger partial charge on any atom is 0.416 e. The lowest BCUT2D eigenvalue weighted by Gasteiger charge is -2.18. The standard InChI is InChI=1S/C13H14F3N3S2/c1-2-17-11(7-20-12-19-18-8-21-12)9-4-3-5-10(6-9)13(14,15)16/h3-6,8,11,17H,2,7H2,1H3. The van der Waals surface area contributed by atoms with Crippen molar-refractivity contribution < 1.29 is 13.2 Å². The van der Waals surface area contributed by atoms with Gasteiger partial charge in [-0.05, 0) is 24.2 Å². The van der Waals surface area contributed by atoms with Gasteiger partial charge in [0.1, 0.15) is 5.51 Å². The topological polar surface area (TPSA) is 37.8 Å². The molecular formula is C13H14F3N3S2. The minimum Gasteiger partial charge on any atom is -0.309 e. The van der Waals surface area contributed by atoms with Crippen LogP contribution in [0.15, 0.2) is 34.1 Å². The van der Waals surface area contributed by atoms with E-state index in [1.807, 2.05) is 6.92 Å². The summed E-state index contributed by atoms with van der Waals surface area (Å²) in [6, 6.07) is 5.28. The zero-order valence-corrected chi connectivity index (χ0v) is 12.9. The highest BCUT2D eigenvalue weighted by Crippen LogP contribution is 2.32. The number of benzene rings is 1. The van der Waals surface area contributed by atoms with Crippen LogP contribution in [0.1, 0.15) is 24.1 Å². The Kier molecular flexibility index (Phi) is 5.60. The second-order valence-corrected chi connectivity index (χ2v) is 6.35. The number of nitrogens with one attached hydrogen (secondary N) is 1. The van der Waals surface area contributed by atoms with Gasteiger partial charge in [0.05, 0.1) is 5.56 Å². The van der Waals surface area contributed by atoms with E-state index in [0.29, 0.717) is 17.9 Å². The van der Waals surface area contributed by atoms with E-state index >= 15 is 0 Å². The first kappa shape index (κ1) is 16.3. The van der Waals surface area contributed by atoms with Crippen LogP contribution >= 0.6 is 23.1 Å². The van der Waals surface area contributed by atoms with Crippen LogP contribution < -0.4 is 5.32 Å². The molecule has 2 aromatic rings. The molecule has 0 aliphatic heterocycles. The molecule has 1 aromatic heterocycles. The predicted molar refractivity (Wildman–Crippen MR) is 78.5 cm³/mol. The summed E-state index contributed by atoms with van der Waals surface area (Å²) in [6.45, 7) is 2.60. The zero-order chi connectivity index (χ0) is 15.3. The molecule has 3 nitrogen and oxygen atoms in total. The Bertz CT molecular complexity index is 558. The van der Waals surface area contributed by atoms with Gasteiger partial charge in [-0.2, -0.15) is 13.2 Å². The monoisotopic (exact) mass is 333 g/mol. The lowest BCUT2D eigenvalue weighted by atomic mass is 10.0. The van der Waals surface area contributed by atoms with Crippen LogP contribution in [0, 0.1) is 0 Å². The Labute approximate surface area is 129 Å². The van der Waals surface area contributed by atoms with E-state index in [0.717, 1.165) is 10.4 Å². The van der Waals surface area contributed by atoms with E-state index in [4.69, 9.17) is 0 Å². The molecule has 0 saturated carbocycles. The van der Waals surface area contributed by atoms with Gasteiger partial charge in [-0.15, -0.1) is 10.2 Å². The fraction of sp³-hybridized carbons (Fsp3) is 0.385. The molecule has 1 aromatic carbocycles. The highest BCUT2D eigenvalue weighted by molar-refractivity contribution is 8.01. The molecule has 0 spiro atoms. The van der Waals surface area contributed by atoms with Crippen LogP contribution in [-0.2, 0) is 6.18 Å². The Hall–Kier alpha value is -1.12. The molecule has 0 fully saturated rings. The number of nitrogens with zero attached hydrogens (tertiary/aromatic N) is 2. The summed E-state index contributed by atoms with van der Waals surface area (Å²) in [7, 11) is 0. The quantitative estimate of drug-likeness (QED) is 0.811. The van der Waals surface area contributed by atoms with Crippen molar-refractivity contribution in [2.45, 2.75) is 23.5 Å². The fourth-order valence-corrected chi connectivity index (χ4v) is 3.44. The van der Waals surface area contributed by atoms with E-state index in [-0.39, 0.29) is 6.04 Å². The molecule has 0 aliphatic rings. The van der Waals surface area contributed by atoms with Crippen LogP contribution in [-0.4, -0.2) is 22.5 Å². The van der Waals surface area contributed by atoms with Gasteiger partial charge in [0.2, 0.25) is 0 Å². The van der Waals surface area contributed by atoms with Crippen molar-refractivity contribution in [2.24, 2.45) is 0 Å². The summed E-state index contributed by atoms with van der Waals surface area (Å²) in [6.07, 6.45) is -4.32. The van der Waals surface area contributed by atoms with Crippen molar-refractivity contribution in [1.82, 2.24) is 15.5 Å². The molecule has 0 radical (unpaired) electrons. The molecule has 1 atom stereocenters. The molecule has 2 rings (SSSR count). The number of halogens is 3. The van der Waals surface area contributed by atoms with E-state index in [2.05, 4.69) is 15.5 Å². The van der Waals surface area contributed by atoms with Crippen molar-refractivity contribution in [3.63, 3.8) is 0 Å². The van der Waals surface area contributed by atoms with Gasteiger partial charge in [0, 0.05) is 11.8 Å². The molecule has 21 heavy (non-hydrogen) atoms. The molecular weight excluding hydrogens is 319 g/mol. The van der Waals surface area contributed by atoms with Crippen molar-refractivity contribution in [3.05, 3.63) is 40.9 Å². The highest BCUT2D eigenvalue weighted by atomic mass is 32.2. The average molecular weight is 333 g/mol. The first-order valence-electron chi connectivity index (χ1n) is 6.30. The first-order valence-corrected chi connectivity index (χ1v) is 8.16. The van der Waals surface area contributed by atoms with Gasteiger partial charge in [0.15, 0.2) is 4.34 Å². The third-order valence-electron chi connectivity index (χ3n) is 2.78. The normalized spacial score (nSPS) is 13.3. The number of hydrogen-bond donors (Lipinski definition) is 1. The van der Waals surface area contributed by atoms with Gasteiger partial charge in [-0.25, -0.2) is 0 Å². The Morgan fingerprint density at radius 2 is 2.19 bits per heavy atom. The van der Waals surface area contributed by atoms with Gasteiger partial charge < -0.3 is 5.32 Å². The van der Waals surface area contributed by atoms with Crippen LogP contribution in [0.4, 0.5) is 13.2 Å². The number of rotatable bonds is 6. The number of alkyl halides is 3. The Morgan fingerprint density at radius 3 is 2.81 bits per heavy atom. The van der Waals surface area contributed by atoms with Crippen LogP contribution in [0.5, 0.6) is 0 Å². The average Bonchev–Trinajstić information content (AvgIpc) is 2.96. The predicted octanol–water partition coefficient (Wildman–Crippen LogP) is 4.00. The second kappa shape index (κ2) is 7.24. The van der Waals surface area contributed by atoms with Crippen LogP contribution in [0.2, 0.25) is 0 Å². The number of aromatic nitrogens is 2. The highest BCUT2D eigenvalue weighted by Gasteiger charge is 2.30. The summed E-state index contributed by atoms with van der Waals surface area (Å²) >= 11 is 2.90. The summed E-state index contributed by atoms with van der Waals surface area (Å²) in [5.74, 6) is 0.602. The van der Waals surface area contributed by atoms with Gasteiger partial charge in [-0.3, -0.25) is 0 Å². The molecule has 0 saturated heterocycles. The van der Waals surface area contributed by atoms with E-state index in [1.165, 1.54) is 35.2 Å². The summed E-state index contributed by atoms with van der Waals surface area (Å²) in [5.41, 5.74) is 1.64. The van der Waals surface area contributed by atoms with Crippen LogP contribution in [0.3, 0.4) is 0 Å². The fourth-order valence-electron chi connectivity index (χ4n) is 1.83. The van der Waals surface area contributed by atoms with Crippen molar-refractivity contribution in [2.75, 3.05) is 12.3 Å². The maximum absolute atomic E-state index is 12.8. The molecule has 114 valence electrons. The third kappa shape index (κ3) is 4.69. The molecule has 0 aliphatic carbocycles. The minimum absolute atomic E-state index is 0.161. The lowest BCUT2D eigenvalue weighted by molar-refractivity contribution is -0.137.